The van der Waals surface area contributed by atoms with Crippen molar-refractivity contribution in [3.8, 4) is 0 Å². The fourth-order valence-electron chi connectivity index (χ4n) is 2.39. The van der Waals surface area contributed by atoms with Crippen LogP contribution < -0.4 is 10.6 Å². The maximum absolute atomic E-state index is 13.7. The number of methoxy groups -OCH3 is 1. The molecule has 1 aliphatic heterocycles. The van der Waals surface area contributed by atoms with Crippen LogP contribution in [0.15, 0.2) is 12.1 Å². The van der Waals surface area contributed by atoms with Gasteiger partial charge in [0, 0.05) is 12.1 Å². The predicted molar refractivity (Wildman–Crippen MR) is 76.9 cm³/mol. The molecule has 0 aromatic heterocycles. The quantitative estimate of drug-likeness (QED) is 0.829. The van der Waals surface area contributed by atoms with E-state index < -0.39 is 23.7 Å². The lowest BCUT2D eigenvalue weighted by molar-refractivity contribution is -0.128. The number of rotatable bonds is 3. The number of nitrogens with one attached hydrogen (secondary N) is 2. The summed E-state index contributed by atoms with van der Waals surface area (Å²) in [5.41, 5.74) is 0.377. The number of ether oxygens (including phenoxy) is 1. The molecule has 0 spiro atoms. The first-order chi connectivity index (χ1) is 10.4. The van der Waals surface area contributed by atoms with Gasteiger partial charge in [0.2, 0.25) is 11.8 Å². The summed E-state index contributed by atoms with van der Waals surface area (Å²) >= 11 is 0. The van der Waals surface area contributed by atoms with Gasteiger partial charge in [-0.05, 0) is 37.5 Å². The Bertz CT molecular complexity index is 630. The summed E-state index contributed by atoms with van der Waals surface area (Å²) in [6.07, 6.45) is 1.59. The molecule has 1 heterocycles. The fourth-order valence-corrected chi connectivity index (χ4v) is 2.39. The van der Waals surface area contributed by atoms with E-state index in [9.17, 15) is 18.8 Å². The number of benzene rings is 1. The highest BCUT2D eigenvalue weighted by Gasteiger charge is 2.26. The molecule has 1 saturated heterocycles. The number of piperidine rings is 1. The van der Waals surface area contributed by atoms with Gasteiger partial charge in [-0.1, -0.05) is 0 Å². The third-order valence-corrected chi connectivity index (χ3v) is 3.61. The molecule has 1 atom stereocenters. The zero-order valence-corrected chi connectivity index (χ0v) is 12.4. The SMILES string of the molecule is COC(=O)c1c(F)ccc(NC(=O)C2CCCC(=O)N2)c1C. The minimum absolute atomic E-state index is 0.169. The van der Waals surface area contributed by atoms with Gasteiger partial charge in [0.15, 0.2) is 0 Å². The Hall–Kier alpha value is -2.44. The van der Waals surface area contributed by atoms with E-state index >= 15 is 0 Å². The molecule has 1 aromatic rings. The second-order valence-corrected chi connectivity index (χ2v) is 5.09. The second kappa shape index (κ2) is 6.55. The number of carbonyl (C=O) groups excluding carboxylic acids is 3. The van der Waals surface area contributed by atoms with Crippen LogP contribution in [0.1, 0.15) is 35.2 Å². The molecule has 22 heavy (non-hydrogen) atoms. The van der Waals surface area contributed by atoms with Gasteiger partial charge in [-0.2, -0.15) is 0 Å². The van der Waals surface area contributed by atoms with Gasteiger partial charge in [0.1, 0.15) is 17.4 Å². The highest BCUT2D eigenvalue weighted by Crippen LogP contribution is 2.23. The van der Waals surface area contributed by atoms with Crippen molar-refractivity contribution in [1.82, 2.24) is 5.32 Å². The van der Waals surface area contributed by atoms with Crippen LogP contribution in [0, 0.1) is 12.7 Å². The maximum atomic E-state index is 13.7. The summed E-state index contributed by atoms with van der Waals surface area (Å²) in [5.74, 6) is -2.08. The largest absolute Gasteiger partial charge is 0.465 e. The van der Waals surface area contributed by atoms with Gasteiger partial charge in [-0.15, -0.1) is 0 Å². The Morgan fingerprint density at radius 3 is 2.77 bits per heavy atom. The van der Waals surface area contributed by atoms with Gasteiger partial charge in [0.25, 0.3) is 0 Å². The molecule has 7 heteroatoms. The summed E-state index contributed by atoms with van der Waals surface area (Å²) in [6, 6.07) is 1.85. The number of hydrogen-bond acceptors (Lipinski definition) is 4. The molecule has 1 fully saturated rings. The molecule has 0 bridgehead atoms. The first kappa shape index (κ1) is 15.9. The van der Waals surface area contributed by atoms with Gasteiger partial charge >= 0.3 is 5.97 Å². The van der Waals surface area contributed by atoms with Crippen LogP contribution in [0.25, 0.3) is 0 Å². The van der Waals surface area contributed by atoms with Gasteiger partial charge in [0.05, 0.1) is 7.11 Å². The lowest BCUT2D eigenvalue weighted by atomic mass is 10.0. The molecule has 6 nitrogen and oxygen atoms in total. The normalized spacial score (nSPS) is 17.6. The topological polar surface area (TPSA) is 84.5 Å². The molecular formula is C15H17FN2O4. The smallest absolute Gasteiger partial charge is 0.341 e. The molecule has 2 rings (SSSR count). The maximum Gasteiger partial charge on any atom is 0.341 e. The summed E-state index contributed by atoms with van der Waals surface area (Å²) in [7, 11) is 1.16. The van der Waals surface area contributed by atoms with Crippen molar-refractivity contribution >= 4 is 23.5 Å². The van der Waals surface area contributed by atoms with Crippen molar-refractivity contribution in [2.45, 2.75) is 32.2 Å². The molecule has 0 radical (unpaired) electrons. The molecule has 0 aliphatic carbocycles. The van der Waals surface area contributed by atoms with Crippen LogP contribution in [0.3, 0.4) is 0 Å². The molecule has 2 amide bonds. The Kier molecular flexibility index (Phi) is 4.75. The molecule has 1 aromatic carbocycles. The first-order valence-electron chi connectivity index (χ1n) is 6.91. The highest BCUT2D eigenvalue weighted by atomic mass is 19.1. The van der Waals surface area contributed by atoms with E-state index in [2.05, 4.69) is 15.4 Å². The van der Waals surface area contributed by atoms with E-state index in [0.29, 0.717) is 24.9 Å². The first-order valence-corrected chi connectivity index (χ1v) is 6.91. The van der Waals surface area contributed by atoms with Gasteiger partial charge < -0.3 is 15.4 Å². The summed E-state index contributed by atoms with van der Waals surface area (Å²) in [5, 5.41) is 5.22. The molecule has 118 valence electrons. The zero-order valence-electron chi connectivity index (χ0n) is 12.4. The van der Waals surface area contributed by atoms with Crippen LogP contribution in [-0.4, -0.2) is 30.9 Å². The monoisotopic (exact) mass is 308 g/mol. The van der Waals surface area contributed by atoms with Crippen LogP contribution in [0.4, 0.5) is 10.1 Å². The van der Waals surface area contributed by atoms with Crippen molar-refractivity contribution in [3.63, 3.8) is 0 Å². The van der Waals surface area contributed by atoms with E-state index in [4.69, 9.17) is 0 Å². The fraction of sp³-hybridized carbons (Fsp3) is 0.400. The average Bonchev–Trinajstić information content (AvgIpc) is 2.49. The number of anilines is 1. The predicted octanol–water partition coefficient (Wildman–Crippen LogP) is 1.53. The summed E-state index contributed by atoms with van der Waals surface area (Å²) < 4.78 is 18.3. The second-order valence-electron chi connectivity index (χ2n) is 5.09. The summed E-state index contributed by atoms with van der Waals surface area (Å²) in [6.45, 7) is 1.52. The van der Waals surface area contributed by atoms with Crippen molar-refractivity contribution < 1.29 is 23.5 Å². The lowest BCUT2D eigenvalue weighted by Gasteiger charge is -2.23. The third-order valence-electron chi connectivity index (χ3n) is 3.61. The molecular weight excluding hydrogens is 291 g/mol. The van der Waals surface area contributed by atoms with Gasteiger partial charge in [-0.3, -0.25) is 9.59 Å². The van der Waals surface area contributed by atoms with E-state index in [-0.39, 0.29) is 17.0 Å². The standard InChI is InChI=1S/C15H17FN2O4/c1-8-10(7-6-9(16)13(8)15(21)22-2)18-14(20)11-4-3-5-12(19)17-11/h6-7,11H,3-5H2,1-2H3,(H,17,19)(H,18,20). The van der Waals surface area contributed by atoms with Crippen LogP contribution in [0.5, 0.6) is 0 Å². The number of halogens is 1. The van der Waals surface area contributed by atoms with Crippen molar-refractivity contribution in [3.05, 3.63) is 29.1 Å². The Morgan fingerprint density at radius 1 is 1.41 bits per heavy atom. The minimum atomic E-state index is -0.808. The third kappa shape index (κ3) is 3.24. The lowest BCUT2D eigenvalue weighted by Crippen LogP contribution is -2.46. The molecule has 0 saturated carbocycles. The number of carbonyl (C=O) groups is 3. The van der Waals surface area contributed by atoms with Crippen LogP contribution in [-0.2, 0) is 14.3 Å². The average molecular weight is 308 g/mol. The van der Waals surface area contributed by atoms with E-state index in [0.717, 1.165) is 13.2 Å². The Labute approximate surface area is 127 Å². The number of hydrogen-bond donors (Lipinski definition) is 2. The van der Waals surface area contributed by atoms with E-state index in [1.165, 1.54) is 13.0 Å². The Balaban J connectivity index is 2.21. The van der Waals surface area contributed by atoms with Crippen LogP contribution >= 0.6 is 0 Å². The van der Waals surface area contributed by atoms with Gasteiger partial charge in [-0.25, -0.2) is 9.18 Å². The minimum Gasteiger partial charge on any atom is -0.465 e. The number of esters is 1. The molecule has 2 N–H and O–H groups in total. The van der Waals surface area contributed by atoms with Crippen molar-refractivity contribution in [2.24, 2.45) is 0 Å². The van der Waals surface area contributed by atoms with E-state index in [1.807, 2.05) is 0 Å². The van der Waals surface area contributed by atoms with E-state index in [1.54, 1.807) is 0 Å². The number of amides is 2. The highest BCUT2D eigenvalue weighted by molar-refractivity contribution is 6.00. The van der Waals surface area contributed by atoms with Crippen LogP contribution in [0.2, 0.25) is 0 Å². The van der Waals surface area contributed by atoms with Crippen molar-refractivity contribution in [1.29, 1.82) is 0 Å². The Morgan fingerprint density at radius 2 is 2.14 bits per heavy atom. The molecule has 1 aliphatic rings. The van der Waals surface area contributed by atoms with Crippen molar-refractivity contribution in [2.75, 3.05) is 12.4 Å². The molecule has 1 unspecified atom stereocenters. The zero-order chi connectivity index (χ0) is 16.3. The summed E-state index contributed by atoms with van der Waals surface area (Å²) in [4.78, 5) is 35.1.